The van der Waals surface area contributed by atoms with Crippen LogP contribution in [-0.4, -0.2) is 0 Å². The van der Waals surface area contributed by atoms with E-state index in [1.54, 1.807) is 6.07 Å². The van der Waals surface area contributed by atoms with Crippen LogP contribution in [0.1, 0.15) is 11.1 Å². The van der Waals surface area contributed by atoms with E-state index in [0.717, 1.165) is 10.0 Å². The lowest BCUT2D eigenvalue weighted by atomic mass is 10.2. The van der Waals surface area contributed by atoms with Gasteiger partial charge in [0.25, 0.3) is 0 Å². The molecule has 0 atom stereocenters. The second-order valence-electron chi connectivity index (χ2n) is 2.33. The Labute approximate surface area is 78.5 Å². The Morgan fingerprint density at radius 2 is 2.18 bits per heavy atom. The van der Waals surface area contributed by atoms with E-state index in [0.29, 0.717) is 5.56 Å². The van der Waals surface area contributed by atoms with Gasteiger partial charge in [0.05, 0.1) is 5.88 Å². The third-order valence-electron chi connectivity index (χ3n) is 1.47. The van der Waals surface area contributed by atoms with Gasteiger partial charge in [-0.1, -0.05) is 15.9 Å². The normalized spacial score (nSPS) is 10.2. The summed E-state index contributed by atoms with van der Waals surface area (Å²) in [7, 11) is 0. The molecule has 0 saturated carbocycles. The van der Waals surface area contributed by atoms with Gasteiger partial charge in [-0.3, -0.25) is 0 Å². The maximum absolute atomic E-state index is 12.9. The van der Waals surface area contributed by atoms with E-state index in [4.69, 9.17) is 11.6 Å². The molecule has 0 aliphatic heterocycles. The molecule has 1 aromatic rings. The van der Waals surface area contributed by atoms with Gasteiger partial charge in [-0.25, -0.2) is 4.39 Å². The van der Waals surface area contributed by atoms with Gasteiger partial charge in [0, 0.05) is 10.0 Å². The lowest BCUT2D eigenvalue weighted by molar-refractivity contribution is 0.615. The van der Waals surface area contributed by atoms with Crippen LogP contribution in [0, 0.1) is 12.7 Å². The molecule has 0 radical (unpaired) electrons. The van der Waals surface area contributed by atoms with Crippen LogP contribution in [0.15, 0.2) is 16.6 Å². The first-order valence-electron chi connectivity index (χ1n) is 3.15. The highest BCUT2D eigenvalue weighted by molar-refractivity contribution is 9.10. The molecule has 0 bridgehead atoms. The van der Waals surface area contributed by atoms with E-state index in [-0.39, 0.29) is 11.7 Å². The van der Waals surface area contributed by atoms with Crippen molar-refractivity contribution in [2.75, 3.05) is 0 Å². The summed E-state index contributed by atoms with van der Waals surface area (Å²) in [5.74, 6) is -0.0225. The van der Waals surface area contributed by atoms with Crippen LogP contribution in [0.2, 0.25) is 0 Å². The summed E-state index contributed by atoms with van der Waals surface area (Å²) in [6.45, 7) is 1.84. The Kier molecular flexibility index (Phi) is 2.90. The quantitative estimate of drug-likeness (QED) is 0.654. The van der Waals surface area contributed by atoms with Crippen molar-refractivity contribution in [1.82, 2.24) is 0 Å². The van der Waals surface area contributed by atoms with E-state index >= 15 is 0 Å². The van der Waals surface area contributed by atoms with Crippen molar-refractivity contribution in [2.45, 2.75) is 12.8 Å². The van der Waals surface area contributed by atoms with Crippen LogP contribution >= 0.6 is 27.5 Å². The first-order valence-corrected chi connectivity index (χ1v) is 4.48. The Bertz CT molecular complexity index is 273. The molecule has 0 fully saturated rings. The van der Waals surface area contributed by atoms with Gasteiger partial charge >= 0.3 is 0 Å². The minimum Gasteiger partial charge on any atom is -0.207 e. The Morgan fingerprint density at radius 3 is 2.73 bits per heavy atom. The molecule has 0 nitrogen and oxygen atoms in total. The predicted molar refractivity (Wildman–Crippen MR) is 48.4 cm³/mol. The van der Waals surface area contributed by atoms with Crippen molar-refractivity contribution in [2.24, 2.45) is 0 Å². The average molecular weight is 237 g/mol. The summed E-state index contributed by atoms with van der Waals surface area (Å²) >= 11 is 8.79. The SMILES string of the molecule is Cc1cc(F)c(CCl)cc1Br. The molecule has 0 aromatic heterocycles. The number of aryl methyl sites for hydroxylation is 1. The molecule has 1 aromatic carbocycles. The number of hydrogen-bond acceptors (Lipinski definition) is 0. The maximum atomic E-state index is 12.9. The molecule has 0 aliphatic carbocycles. The number of halogens is 3. The third-order valence-corrected chi connectivity index (χ3v) is 2.61. The molecular formula is C8H7BrClF. The highest BCUT2D eigenvalue weighted by Crippen LogP contribution is 2.21. The third kappa shape index (κ3) is 1.94. The molecular weight excluding hydrogens is 230 g/mol. The van der Waals surface area contributed by atoms with E-state index < -0.39 is 0 Å². The highest BCUT2D eigenvalue weighted by atomic mass is 79.9. The highest BCUT2D eigenvalue weighted by Gasteiger charge is 2.03. The van der Waals surface area contributed by atoms with Crippen molar-refractivity contribution in [1.29, 1.82) is 0 Å². The summed E-state index contributed by atoms with van der Waals surface area (Å²) in [4.78, 5) is 0. The maximum Gasteiger partial charge on any atom is 0.127 e. The standard InChI is InChI=1S/C8H7BrClF/c1-5-2-8(11)6(4-10)3-7(5)9/h2-3H,4H2,1H3. The number of rotatable bonds is 1. The van der Waals surface area contributed by atoms with Gasteiger partial charge in [-0.2, -0.15) is 0 Å². The Balaban J connectivity index is 3.21. The van der Waals surface area contributed by atoms with Crippen LogP contribution in [0.4, 0.5) is 4.39 Å². The molecule has 3 heteroatoms. The smallest absolute Gasteiger partial charge is 0.127 e. The fraction of sp³-hybridized carbons (Fsp3) is 0.250. The second kappa shape index (κ2) is 3.55. The predicted octanol–water partition coefficient (Wildman–Crippen LogP) is 3.64. The van der Waals surface area contributed by atoms with Gasteiger partial charge in [0.1, 0.15) is 5.82 Å². The van der Waals surface area contributed by atoms with Gasteiger partial charge in [0.2, 0.25) is 0 Å². The molecule has 0 spiro atoms. The van der Waals surface area contributed by atoms with E-state index in [1.165, 1.54) is 6.07 Å². The topological polar surface area (TPSA) is 0 Å². The number of hydrogen-bond donors (Lipinski definition) is 0. The van der Waals surface area contributed by atoms with Gasteiger partial charge in [0.15, 0.2) is 0 Å². The Morgan fingerprint density at radius 1 is 1.55 bits per heavy atom. The van der Waals surface area contributed by atoms with Gasteiger partial charge in [-0.15, -0.1) is 11.6 Å². The lowest BCUT2D eigenvalue weighted by Gasteiger charge is -2.02. The summed E-state index contributed by atoms with van der Waals surface area (Å²) in [6.07, 6.45) is 0. The zero-order valence-electron chi connectivity index (χ0n) is 6.00. The first kappa shape index (κ1) is 9.01. The van der Waals surface area contributed by atoms with E-state index in [1.807, 2.05) is 6.92 Å². The van der Waals surface area contributed by atoms with E-state index in [2.05, 4.69) is 15.9 Å². The second-order valence-corrected chi connectivity index (χ2v) is 3.45. The monoisotopic (exact) mass is 236 g/mol. The largest absolute Gasteiger partial charge is 0.207 e. The molecule has 11 heavy (non-hydrogen) atoms. The molecule has 0 N–H and O–H groups in total. The van der Waals surface area contributed by atoms with Crippen molar-refractivity contribution < 1.29 is 4.39 Å². The van der Waals surface area contributed by atoms with Crippen LogP contribution < -0.4 is 0 Å². The van der Waals surface area contributed by atoms with Crippen LogP contribution in [-0.2, 0) is 5.88 Å². The number of benzene rings is 1. The zero-order chi connectivity index (χ0) is 8.43. The van der Waals surface area contributed by atoms with Crippen LogP contribution in [0.5, 0.6) is 0 Å². The summed E-state index contributed by atoms with van der Waals surface area (Å²) in [6, 6.07) is 3.18. The molecule has 0 amide bonds. The summed E-state index contributed by atoms with van der Waals surface area (Å²) in [5, 5.41) is 0. The molecule has 0 heterocycles. The Hall–Kier alpha value is -0.0800. The first-order chi connectivity index (χ1) is 5.15. The van der Waals surface area contributed by atoms with Crippen molar-refractivity contribution in [3.05, 3.63) is 33.5 Å². The van der Waals surface area contributed by atoms with Gasteiger partial charge in [-0.05, 0) is 24.6 Å². The molecule has 0 unspecified atom stereocenters. The zero-order valence-corrected chi connectivity index (χ0v) is 8.34. The lowest BCUT2D eigenvalue weighted by Crippen LogP contribution is -1.88. The van der Waals surface area contributed by atoms with Crippen molar-refractivity contribution in [3.63, 3.8) is 0 Å². The molecule has 1 rings (SSSR count). The minimum atomic E-state index is -0.235. The summed E-state index contributed by atoms with van der Waals surface area (Å²) < 4.78 is 13.8. The summed E-state index contributed by atoms with van der Waals surface area (Å²) in [5.41, 5.74) is 1.42. The number of alkyl halides is 1. The van der Waals surface area contributed by atoms with Crippen molar-refractivity contribution >= 4 is 27.5 Å². The molecule has 0 aliphatic rings. The average Bonchev–Trinajstić information content (AvgIpc) is 1.97. The van der Waals surface area contributed by atoms with Crippen LogP contribution in [0.3, 0.4) is 0 Å². The van der Waals surface area contributed by atoms with E-state index in [9.17, 15) is 4.39 Å². The fourth-order valence-corrected chi connectivity index (χ4v) is 1.39. The van der Waals surface area contributed by atoms with Crippen LogP contribution in [0.25, 0.3) is 0 Å². The minimum absolute atomic E-state index is 0.213. The molecule has 0 saturated heterocycles. The molecule has 60 valence electrons. The van der Waals surface area contributed by atoms with Gasteiger partial charge < -0.3 is 0 Å². The fourth-order valence-electron chi connectivity index (χ4n) is 0.790. The van der Waals surface area contributed by atoms with Crippen molar-refractivity contribution in [3.8, 4) is 0 Å².